The topological polar surface area (TPSA) is 96.0 Å². The van der Waals surface area contributed by atoms with Crippen LogP contribution >= 0.6 is 11.6 Å². The fourth-order valence-electron chi connectivity index (χ4n) is 4.30. The van der Waals surface area contributed by atoms with Gasteiger partial charge in [-0.3, -0.25) is 13.9 Å². The lowest BCUT2D eigenvalue weighted by Gasteiger charge is -2.32. The van der Waals surface area contributed by atoms with Crippen LogP contribution in [0.1, 0.15) is 45.1 Å². The molecule has 0 aliphatic heterocycles. The van der Waals surface area contributed by atoms with Crippen LogP contribution in [0.25, 0.3) is 0 Å². The molecule has 0 bridgehead atoms. The number of nitrogens with one attached hydrogen (secondary N) is 1. The van der Waals surface area contributed by atoms with Gasteiger partial charge in [-0.1, -0.05) is 36.6 Å². The van der Waals surface area contributed by atoms with Gasteiger partial charge in [-0.25, -0.2) is 8.42 Å². The molecule has 36 heavy (non-hydrogen) atoms. The quantitative estimate of drug-likeness (QED) is 0.469. The van der Waals surface area contributed by atoms with E-state index < -0.39 is 28.5 Å². The van der Waals surface area contributed by atoms with Gasteiger partial charge >= 0.3 is 0 Å². The van der Waals surface area contributed by atoms with Crippen LogP contribution in [-0.2, 0) is 26.2 Å². The van der Waals surface area contributed by atoms with Gasteiger partial charge in [-0.2, -0.15) is 0 Å². The Morgan fingerprint density at radius 2 is 1.81 bits per heavy atom. The maximum absolute atomic E-state index is 13.6. The number of ether oxygens (including phenoxy) is 1. The van der Waals surface area contributed by atoms with Crippen molar-refractivity contribution in [2.45, 2.75) is 58.2 Å². The summed E-state index contributed by atoms with van der Waals surface area (Å²) in [6, 6.07) is 12.8. The minimum absolute atomic E-state index is 0.0967. The summed E-state index contributed by atoms with van der Waals surface area (Å²) in [5.74, 6) is -0.159. The number of carbonyl (C=O) groups excluding carboxylic acids is 2. The molecule has 1 fully saturated rings. The third kappa shape index (κ3) is 7.61. The molecule has 2 aromatic rings. The summed E-state index contributed by atoms with van der Waals surface area (Å²) in [6.07, 6.45) is 5.01. The van der Waals surface area contributed by atoms with E-state index in [9.17, 15) is 18.0 Å². The van der Waals surface area contributed by atoms with E-state index in [1.165, 1.54) is 4.90 Å². The van der Waals surface area contributed by atoms with Gasteiger partial charge in [0.05, 0.1) is 18.6 Å². The zero-order chi connectivity index (χ0) is 26.3. The van der Waals surface area contributed by atoms with Crippen LogP contribution in [0.4, 0.5) is 5.69 Å². The molecule has 196 valence electrons. The van der Waals surface area contributed by atoms with Gasteiger partial charge in [0.1, 0.15) is 18.3 Å². The number of carbonyl (C=O) groups is 2. The van der Waals surface area contributed by atoms with Crippen LogP contribution in [0.15, 0.2) is 48.5 Å². The molecule has 1 atom stereocenters. The van der Waals surface area contributed by atoms with Crippen molar-refractivity contribution in [3.63, 3.8) is 0 Å². The second-order valence-corrected chi connectivity index (χ2v) is 11.4. The first-order valence-corrected chi connectivity index (χ1v) is 14.4. The minimum atomic E-state index is -3.79. The Balaban J connectivity index is 1.86. The van der Waals surface area contributed by atoms with Crippen LogP contribution in [0.3, 0.4) is 0 Å². The highest BCUT2D eigenvalue weighted by Gasteiger charge is 2.31. The van der Waals surface area contributed by atoms with Crippen molar-refractivity contribution in [2.24, 2.45) is 0 Å². The van der Waals surface area contributed by atoms with Crippen molar-refractivity contribution in [2.75, 3.05) is 23.7 Å². The van der Waals surface area contributed by atoms with Gasteiger partial charge in [0.2, 0.25) is 21.8 Å². The number of sulfonamides is 1. The van der Waals surface area contributed by atoms with E-state index in [0.29, 0.717) is 23.1 Å². The molecule has 2 amide bonds. The standard InChI is InChI=1S/C26H34ClN3O5S/c1-4-35-24-14-12-23(13-15-24)30(36(3,33)34)18-25(31)29(17-20-8-7-9-21(27)16-20)19(2)26(32)28-22-10-5-6-11-22/h7-9,12-16,19,22H,4-6,10-11,17-18H2,1-3H3,(H,28,32)/t19-/m1/s1. The Hall–Kier alpha value is -2.78. The smallest absolute Gasteiger partial charge is 0.244 e. The van der Waals surface area contributed by atoms with E-state index in [-0.39, 0.29) is 18.5 Å². The highest BCUT2D eigenvalue weighted by Crippen LogP contribution is 2.23. The van der Waals surface area contributed by atoms with Crippen molar-refractivity contribution < 1.29 is 22.7 Å². The molecule has 2 aromatic carbocycles. The van der Waals surface area contributed by atoms with Gasteiger partial charge in [-0.05, 0) is 68.7 Å². The van der Waals surface area contributed by atoms with Crippen molar-refractivity contribution in [3.05, 3.63) is 59.1 Å². The second kappa shape index (κ2) is 12.5. The molecule has 0 heterocycles. The molecule has 8 nitrogen and oxygen atoms in total. The zero-order valence-electron chi connectivity index (χ0n) is 20.9. The monoisotopic (exact) mass is 535 g/mol. The number of amides is 2. The van der Waals surface area contributed by atoms with Crippen molar-refractivity contribution in [1.29, 1.82) is 0 Å². The lowest BCUT2D eigenvalue weighted by atomic mass is 10.1. The predicted octanol–water partition coefficient (Wildman–Crippen LogP) is 3.98. The molecule has 0 aromatic heterocycles. The highest BCUT2D eigenvalue weighted by molar-refractivity contribution is 7.92. The maximum atomic E-state index is 13.6. The third-order valence-corrected chi connectivity index (χ3v) is 7.60. The predicted molar refractivity (Wildman–Crippen MR) is 142 cm³/mol. The zero-order valence-corrected chi connectivity index (χ0v) is 22.5. The van der Waals surface area contributed by atoms with E-state index in [0.717, 1.165) is 41.8 Å². The summed E-state index contributed by atoms with van der Waals surface area (Å²) in [5, 5.41) is 3.55. The molecule has 3 rings (SSSR count). The Kier molecular flexibility index (Phi) is 9.62. The van der Waals surface area contributed by atoms with Crippen molar-refractivity contribution in [1.82, 2.24) is 10.2 Å². The molecule has 0 radical (unpaired) electrons. The SMILES string of the molecule is CCOc1ccc(N(CC(=O)N(Cc2cccc(Cl)c2)[C@H](C)C(=O)NC2CCCC2)S(C)(=O)=O)cc1. The van der Waals surface area contributed by atoms with Gasteiger partial charge in [0.25, 0.3) is 0 Å². The third-order valence-electron chi connectivity index (χ3n) is 6.23. The summed E-state index contributed by atoms with van der Waals surface area (Å²) >= 11 is 6.14. The summed E-state index contributed by atoms with van der Waals surface area (Å²) < 4.78 is 31.8. The number of hydrogen-bond donors (Lipinski definition) is 1. The first-order chi connectivity index (χ1) is 17.1. The summed E-state index contributed by atoms with van der Waals surface area (Å²) in [7, 11) is -3.79. The van der Waals surface area contributed by atoms with E-state index in [4.69, 9.17) is 16.3 Å². The normalized spacial score (nSPS) is 14.8. The molecule has 0 saturated heterocycles. The Labute approximate surface area is 218 Å². The molecular formula is C26H34ClN3O5S. The number of halogens is 1. The Morgan fingerprint density at radius 1 is 1.14 bits per heavy atom. The molecule has 1 aliphatic rings. The first-order valence-electron chi connectivity index (χ1n) is 12.1. The highest BCUT2D eigenvalue weighted by atomic mass is 35.5. The minimum Gasteiger partial charge on any atom is -0.494 e. The molecule has 0 spiro atoms. The van der Waals surface area contributed by atoms with Crippen LogP contribution in [-0.4, -0.2) is 56.6 Å². The first kappa shape index (κ1) is 27.8. The number of nitrogens with zero attached hydrogens (tertiary/aromatic N) is 2. The number of rotatable bonds is 11. The molecule has 1 N–H and O–H groups in total. The lowest BCUT2D eigenvalue weighted by molar-refractivity contribution is -0.139. The Morgan fingerprint density at radius 3 is 2.39 bits per heavy atom. The number of hydrogen-bond acceptors (Lipinski definition) is 5. The van der Waals surface area contributed by atoms with Crippen LogP contribution in [0, 0.1) is 0 Å². The van der Waals surface area contributed by atoms with Crippen molar-refractivity contribution >= 4 is 39.1 Å². The largest absolute Gasteiger partial charge is 0.494 e. The lowest BCUT2D eigenvalue weighted by Crippen LogP contribution is -2.52. The molecule has 0 unspecified atom stereocenters. The van der Waals surface area contributed by atoms with E-state index in [1.54, 1.807) is 49.4 Å². The van der Waals surface area contributed by atoms with Crippen molar-refractivity contribution in [3.8, 4) is 5.75 Å². The van der Waals surface area contributed by atoms with Gasteiger partial charge in [-0.15, -0.1) is 0 Å². The number of anilines is 1. The van der Waals surface area contributed by atoms with Gasteiger partial charge in [0, 0.05) is 17.6 Å². The van der Waals surface area contributed by atoms with Crippen LogP contribution in [0.2, 0.25) is 5.02 Å². The summed E-state index contributed by atoms with van der Waals surface area (Å²) in [4.78, 5) is 28.1. The number of benzene rings is 2. The second-order valence-electron chi connectivity index (χ2n) is 9.01. The van der Waals surface area contributed by atoms with E-state index in [2.05, 4.69) is 5.32 Å². The Bertz CT molecular complexity index is 1150. The average Bonchev–Trinajstić information content (AvgIpc) is 3.33. The fraction of sp³-hybridized carbons (Fsp3) is 0.462. The van der Waals surface area contributed by atoms with Gasteiger partial charge < -0.3 is 15.0 Å². The molecular weight excluding hydrogens is 502 g/mol. The molecule has 1 saturated carbocycles. The van der Waals surface area contributed by atoms with E-state index in [1.807, 2.05) is 13.0 Å². The molecule has 10 heteroatoms. The average molecular weight is 536 g/mol. The summed E-state index contributed by atoms with van der Waals surface area (Å²) in [6.45, 7) is 3.66. The molecule has 1 aliphatic carbocycles. The fourth-order valence-corrected chi connectivity index (χ4v) is 5.36. The van der Waals surface area contributed by atoms with Gasteiger partial charge in [0.15, 0.2) is 0 Å². The summed E-state index contributed by atoms with van der Waals surface area (Å²) in [5.41, 5.74) is 1.07. The maximum Gasteiger partial charge on any atom is 0.244 e. The van der Waals surface area contributed by atoms with Crippen LogP contribution in [0.5, 0.6) is 5.75 Å². The van der Waals surface area contributed by atoms with E-state index >= 15 is 0 Å². The van der Waals surface area contributed by atoms with Crippen LogP contribution < -0.4 is 14.4 Å².